The highest BCUT2D eigenvalue weighted by molar-refractivity contribution is 7.54. The second kappa shape index (κ2) is 9.71. The second-order valence-electron chi connectivity index (χ2n) is 4.76. The minimum atomic E-state index is -3.24. The summed E-state index contributed by atoms with van der Waals surface area (Å²) in [6.45, 7) is 8.45. The van der Waals surface area contributed by atoms with Gasteiger partial charge in [0.2, 0.25) is 0 Å². The molecular formula is C13H27O4P. The molecule has 0 atom stereocenters. The molecule has 0 fully saturated rings. The first kappa shape index (κ1) is 17.8. The summed E-state index contributed by atoms with van der Waals surface area (Å²) in [5, 5.41) is 0. The zero-order valence-electron chi connectivity index (χ0n) is 12.1. The zero-order chi connectivity index (χ0) is 14.0. The molecule has 0 aromatic rings. The van der Waals surface area contributed by atoms with Crippen molar-refractivity contribution in [1.29, 1.82) is 0 Å². The van der Waals surface area contributed by atoms with Crippen molar-refractivity contribution in [1.82, 2.24) is 0 Å². The average molecular weight is 278 g/mol. The van der Waals surface area contributed by atoms with Gasteiger partial charge in [-0.25, -0.2) is 0 Å². The number of carbonyl (C=O) groups is 1. The lowest BCUT2D eigenvalue weighted by molar-refractivity contribution is -0.119. The molecule has 0 saturated carbocycles. The molecule has 0 spiro atoms. The Morgan fingerprint density at radius 1 is 1.06 bits per heavy atom. The summed E-state index contributed by atoms with van der Waals surface area (Å²) < 4.78 is 23.1. The minimum Gasteiger partial charge on any atom is -0.308 e. The van der Waals surface area contributed by atoms with Crippen LogP contribution in [0.1, 0.15) is 53.4 Å². The fourth-order valence-electron chi connectivity index (χ4n) is 1.20. The van der Waals surface area contributed by atoms with Crippen LogP contribution in [-0.2, 0) is 18.4 Å². The minimum absolute atomic E-state index is 0.0636. The number of Topliss-reactive ketones (excluding diaryl/α,β-unsaturated/α-hetero) is 1. The molecule has 0 amide bonds. The molecule has 0 aromatic carbocycles. The highest BCUT2D eigenvalue weighted by atomic mass is 31.2. The van der Waals surface area contributed by atoms with Gasteiger partial charge in [0.15, 0.2) is 0 Å². The van der Waals surface area contributed by atoms with Gasteiger partial charge >= 0.3 is 7.60 Å². The molecule has 0 unspecified atom stereocenters. The van der Waals surface area contributed by atoms with E-state index in [1.54, 1.807) is 13.8 Å². The van der Waals surface area contributed by atoms with E-state index in [2.05, 4.69) is 0 Å². The monoisotopic (exact) mass is 278 g/mol. The van der Waals surface area contributed by atoms with Gasteiger partial charge in [-0.1, -0.05) is 40.5 Å². The molecule has 0 saturated heterocycles. The lowest BCUT2D eigenvalue weighted by atomic mass is 10.1. The van der Waals surface area contributed by atoms with E-state index in [4.69, 9.17) is 9.05 Å². The zero-order valence-corrected chi connectivity index (χ0v) is 13.0. The van der Waals surface area contributed by atoms with Crippen molar-refractivity contribution in [3.8, 4) is 0 Å². The van der Waals surface area contributed by atoms with E-state index < -0.39 is 7.60 Å². The summed E-state index contributed by atoms with van der Waals surface area (Å²) in [4.78, 5) is 11.7. The lowest BCUT2D eigenvalue weighted by Crippen LogP contribution is -2.15. The van der Waals surface area contributed by atoms with Crippen LogP contribution in [0.5, 0.6) is 0 Å². The molecule has 18 heavy (non-hydrogen) atoms. The van der Waals surface area contributed by atoms with E-state index in [0.29, 0.717) is 13.2 Å². The Balaban J connectivity index is 4.38. The summed E-state index contributed by atoms with van der Waals surface area (Å²) in [6, 6.07) is 0. The van der Waals surface area contributed by atoms with Crippen molar-refractivity contribution in [2.45, 2.75) is 53.4 Å². The van der Waals surface area contributed by atoms with Gasteiger partial charge in [0.1, 0.15) is 11.9 Å². The SMILES string of the molecule is CCCCOP(=O)(CC(=O)C(C)C)OCCCC. The molecule has 0 aliphatic carbocycles. The third kappa shape index (κ3) is 8.02. The highest BCUT2D eigenvalue weighted by Crippen LogP contribution is 2.48. The molecular weight excluding hydrogens is 251 g/mol. The van der Waals surface area contributed by atoms with Crippen molar-refractivity contribution in [3.05, 3.63) is 0 Å². The first-order chi connectivity index (χ1) is 8.45. The average Bonchev–Trinajstić information content (AvgIpc) is 2.29. The van der Waals surface area contributed by atoms with Gasteiger partial charge in [0.05, 0.1) is 13.2 Å². The van der Waals surface area contributed by atoms with Crippen LogP contribution in [0, 0.1) is 5.92 Å². The van der Waals surface area contributed by atoms with Gasteiger partial charge in [0.25, 0.3) is 0 Å². The standard InChI is InChI=1S/C13H27O4P/c1-5-7-9-16-18(15,17-10-8-6-2)11-13(14)12(3)4/h12H,5-11H2,1-4H3. The molecule has 0 rings (SSSR count). The number of hydrogen-bond donors (Lipinski definition) is 0. The smallest absolute Gasteiger partial charge is 0.308 e. The Kier molecular flexibility index (Phi) is 9.61. The summed E-state index contributed by atoms with van der Waals surface area (Å²) in [5.74, 6) is -0.200. The Morgan fingerprint density at radius 2 is 1.50 bits per heavy atom. The number of unbranched alkanes of at least 4 members (excludes halogenated alkanes) is 2. The molecule has 0 aliphatic rings. The van der Waals surface area contributed by atoms with Crippen LogP contribution < -0.4 is 0 Å². The number of rotatable bonds is 11. The van der Waals surface area contributed by atoms with Crippen molar-refractivity contribution >= 4 is 13.4 Å². The van der Waals surface area contributed by atoms with E-state index in [1.165, 1.54) is 0 Å². The van der Waals surface area contributed by atoms with Crippen LogP contribution in [0.3, 0.4) is 0 Å². The predicted molar refractivity (Wildman–Crippen MR) is 74.0 cm³/mol. The maximum absolute atomic E-state index is 12.4. The van der Waals surface area contributed by atoms with Crippen molar-refractivity contribution in [2.75, 3.05) is 19.4 Å². The number of hydrogen-bond acceptors (Lipinski definition) is 4. The van der Waals surface area contributed by atoms with E-state index in [9.17, 15) is 9.36 Å². The second-order valence-corrected chi connectivity index (χ2v) is 6.82. The topological polar surface area (TPSA) is 52.6 Å². The van der Waals surface area contributed by atoms with Crippen LogP contribution >= 0.6 is 7.60 Å². The lowest BCUT2D eigenvalue weighted by Gasteiger charge is -2.18. The Hall–Kier alpha value is -0.180. The molecule has 0 bridgehead atoms. The molecule has 0 N–H and O–H groups in total. The van der Waals surface area contributed by atoms with Crippen molar-refractivity contribution in [3.63, 3.8) is 0 Å². The molecule has 0 aromatic heterocycles. The maximum atomic E-state index is 12.4. The number of carbonyl (C=O) groups excluding carboxylic acids is 1. The maximum Gasteiger partial charge on any atom is 0.338 e. The molecule has 108 valence electrons. The fraction of sp³-hybridized carbons (Fsp3) is 0.923. The summed E-state index contributed by atoms with van der Waals surface area (Å²) in [6.07, 6.45) is 3.49. The van der Waals surface area contributed by atoms with Crippen LogP contribution in [-0.4, -0.2) is 25.2 Å². The third-order valence-electron chi connectivity index (χ3n) is 2.57. The van der Waals surface area contributed by atoms with Gasteiger partial charge in [-0.15, -0.1) is 0 Å². The van der Waals surface area contributed by atoms with E-state index >= 15 is 0 Å². The Morgan fingerprint density at radius 3 is 1.83 bits per heavy atom. The Labute approximate surface area is 111 Å². The van der Waals surface area contributed by atoms with E-state index in [0.717, 1.165) is 25.7 Å². The van der Waals surface area contributed by atoms with E-state index in [-0.39, 0.29) is 17.9 Å². The summed E-state index contributed by atoms with van der Waals surface area (Å²) >= 11 is 0. The highest BCUT2D eigenvalue weighted by Gasteiger charge is 2.29. The third-order valence-corrected chi connectivity index (χ3v) is 4.42. The fourth-order valence-corrected chi connectivity index (χ4v) is 3.02. The first-order valence-electron chi connectivity index (χ1n) is 6.86. The summed E-state index contributed by atoms with van der Waals surface area (Å²) in [7, 11) is -3.24. The molecule has 0 radical (unpaired) electrons. The molecule has 4 nitrogen and oxygen atoms in total. The first-order valence-corrected chi connectivity index (χ1v) is 8.58. The van der Waals surface area contributed by atoms with Gasteiger partial charge in [-0.3, -0.25) is 9.36 Å². The van der Waals surface area contributed by atoms with Crippen molar-refractivity contribution < 1.29 is 18.4 Å². The quantitative estimate of drug-likeness (QED) is 0.423. The Bertz CT molecular complexity index is 262. The molecule has 0 heterocycles. The normalized spacial score (nSPS) is 12.1. The van der Waals surface area contributed by atoms with Gasteiger partial charge in [-0.05, 0) is 12.8 Å². The van der Waals surface area contributed by atoms with Crippen LogP contribution in [0.15, 0.2) is 0 Å². The number of ketones is 1. The predicted octanol–water partition coefficient (Wildman–Crippen LogP) is 4.04. The molecule has 0 aliphatic heterocycles. The van der Waals surface area contributed by atoms with Crippen LogP contribution in [0.4, 0.5) is 0 Å². The van der Waals surface area contributed by atoms with Gasteiger partial charge < -0.3 is 9.05 Å². The van der Waals surface area contributed by atoms with Crippen LogP contribution in [0.25, 0.3) is 0 Å². The van der Waals surface area contributed by atoms with Gasteiger partial charge in [0, 0.05) is 5.92 Å². The van der Waals surface area contributed by atoms with E-state index in [1.807, 2.05) is 13.8 Å². The summed E-state index contributed by atoms with van der Waals surface area (Å²) in [5.41, 5.74) is 0. The van der Waals surface area contributed by atoms with Crippen molar-refractivity contribution in [2.24, 2.45) is 5.92 Å². The van der Waals surface area contributed by atoms with Gasteiger partial charge in [-0.2, -0.15) is 0 Å². The van der Waals surface area contributed by atoms with Crippen LogP contribution in [0.2, 0.25) is 0 Å². The molecule has 5 heteroatoms. The largest absolute Gasteiger partial charge is 0.338 e.